The summed E-state index contributed by atoms with van der Waals surface area (Å²) in [6.07, 6.45) is 4.97. The summed E-state index contributed by atoms with van der Waals surface area (Å²) in [5.41, 5.74) is 0.890. The summed E-state index contributed by atoms with van der Waals surface area (Å²) < 4.78 is 13.1. The lowest BCUT2D eigenvalue weighted by Crippen LogP contribution is -2.36. The predicted molar refractivity (Wildman–Crippen MR) is 111 cm³/mol. The fraction of sp³-hybridized carbons (Fsp3) is 0.450. The summed E-state index contributed by atoms with van der Waals surface area (Å²) in [4.78, 5) is 22.5. The first-order valence-electron chi connectivity index (χ1n) is 9.42. The van der Waals surface area contributed by atoms with Gasteiger partial charge in [0, 0.05) is 43.9 Å². The molecular formula is C20H26ClN3O6. The van der Waals surface area contributed by atoms with E-state index in [1.165, 1.54) is 0 Å². The minimum absolute atomic E-state index is 0.245. The van der Waals surface area contributed by atoms with Gasteiger partial charge in [-0.15, -0.1) is 0 Å². The molecule has 164 valence electrons. The highest BCUT2D eigenvalue weighted by Gasteiger charge is 2.26. The number of hydrogen-bond donors (Lipinski definition) is 3. The minimum Gasteiger partial charge on any atom is -0.481 e. The largest absolute Gasteiger partial charge is 0.481 e. The molecule has 0 unspecified atom stereocenters. The molecule has 1 fully saturated rings. The second kappa shape index (κ2) is 10.8. The molecule has 1 aromatic heterocycles. The van der Waals surface area contributed by atoms with Gasteiger partial charge in [0.25, 0.3) is 11.9 Å². The van der Waals surface area contributed by atoms with Crippen molar-refractivity contribution in [1.29, 1.82) is 0 Å². The van der Waals surface area contributed by atoms with Crippen molar-refractivity contribution >= 4 is 23.5 Å². The van der Waals surface area contributed by atoms with Gasteiger partial charge in [0.2, 0.25) is 6.79 Å². The number of imidazole rings is 1. The Bertz CT molecular complexity index is 865. The van der Waals surface area contributed by atoms with E-state index in [4.69, 9.17) is 40.9 Å². The van der Waals surface area contributed by atoms with Gasteiger partial charge in [0.1, 0.15) is 5.82 Å². The molecule has 0 radical (unpaired) electrons. The zero-order valence-corrected chi connectivity index (χ0v) is 17.8. The van der Waals surface area contributed by atoms with E-state index in [-0.39, 0.29) is 6.79 Å². The molecule has 3 N–H and O–H groups in total. The number of carboxylic acid groups (broad SMARTS) is 2. The first kappa shape index (κ1) is 23.5. The third kappa shape index (κ3) is 6.36. The van der Waals surface area contributed by atoms with E-state index in [9.17, 15) is 0 Å². The molecule has 0 bridgehead atoms. The number of piperidine rings is 1. The number of aromatic nitrogens is 2. The summed E-state index contributed by atoms with van der Waals surface area (Å²) >= 11 is 6.45. The highest BCUT2D eigenvalue weighted by Crippen LogP contribution is 2.41. The van der Waals surface area contributed by atoms with Crippen molar-refractivity contribution in [2.75, 3.05) is 19.9 Å². The van der Waals surface area contributed by atoms with Crippen LogP contribution in [0.2, 0.25) is 5.02 Å². The van der Waals surface area contributed by atoms with Gasteiger partial charge in [0.15, 0.2) is 11.5 Å². The monoisotopic (exact) mass is 439 g/mol. The van der Waals surface area contributed by atoms with Crippen molar-refractivity contribution < 1.29 is 29.3 Å². The molecule has 3 heterocycles. The summed E-state index contributed by atoms with van der Waals surface area (Å²) in [6, 6.07) is 4.17. The van der Waals surface area contributed by atoms with Crippen LogP contribution < -0.4 is 14.8 Å². The average Bonchev–Trinajstić information content (AvgIpc) is 3.29. The fourth-order valence-electron chi connectivity index (χ4n) is 3.29. The first-order chi connectivity index (χ1) is 14.2. The SMILES string of the molecule is CC(=O)O.CC(=O)O.C[C@H]1CNCC[C@@H]1n1ccnc1-c1cc2c(cc1Cl)OCO2. The van der Waals surface area contributed by atoms with E-state index in [0.717, 1.165) is 50.5 Å². The highest BCUT2D eigenvalue weighted by atomic mass is 35.5. The lowest BCUT2D eigenvalue weighted by atomic mass is 9.94. The number of rotatable bonds is 2. The molecule has 0 spiro atoms. The normalized spacial score (nSPS) is 19.1. The maximum absolute atomic E-state index is 9.00. The van der Waals surface area contributed by atoms with Crippen molar-refractivity contribution in [2.45, 2.75) is 33.2 Å². The van der Waals surface area contributed by atoms with Gasteiger partial charge >= 0.3 is 0 Å². The van der Waals surface area contributed by atoms with Gasteiger partial charge in [-0.25, -0.2) is 4.98 Å². The van der Waals surface area contributed by atoms with Crippen LogP contribution in [0.15, 0.2) is 24.5 Å². The molecule has 2 atom stereocenters. The predicted octanol–water partition coefficient (Wildman–Crippen LogP) is 3.28. The van der Waals surface area contributed by atoms with E-state index in [2.05, 4.69) is 21.8 Å². The number of benzene rings is 1. The first-order valence-corrected chi connectivity index (χ1v) is 9.80. The Labute approximate surface area is 179 Å². The molecule has 0 aliphatic carbocycles. The smallest absolute Gasteiger partial charge is 0.300 e. The second-order valence-corrected chi connectivity index (χ2v) is 7.33. The van der Waals surface area contributed by atoms with Gasteiger partial charge in [0.05, 0.1) is 5.02 Å². The lowest BCUT2D eigenvalue weighted by Gasteiger charge is -2.31. The molecule has 0 amide bonds. The second-order valence-electron chi connectivity index (χ2n) is 6.92. The van der Waals surface area contributed by atoms with E-state index < -0.39 is 11.9 Å². The average molecular weight is 440 g/mol. The fourth-order valence-corrected chi connectivity index (χ4v) is 3.53. The topological polar surface area (TPSA) is 123 Å². The molecule has 2 aliphatic rings. The lowest BCUT2D eigenvalue weighted by molar-refractivity contribution is -0.135. The van der Waals surface area contributed by atoms with Gasteiger partial charge in [-0.2, -0.15) is 0 Å². The number of fused-ring (bicyclic) bond motifs is 1. The third-order valence-corrected chi connectivity index (χ3v) is 4.78. The van der Waals surface area contributed by atoms with Crippen LogP contribution in [0, 0.1) is 5.92 Å². The van der Waals surface area contributed by atoms with Crippen molar-refractivity contribution in [3.05, 3.63) is 29.5 Å². The van der Waals surface area contributed by atoms with Crippen molar-refractivity contribution in [2.24, 2.45) is 5.92 Å². The minimum atomic E-state index is -0.833. The number of nitrogens with one attached hydrogen (secondary N) is 1. The number of carbonyl (C=O) groups is 2. The molecule has 4 rings (SSSR count). The Hall–Kier alpha value is -2.78. The molecule has 2 aliphatic heterocycles. The number of hydrogen-bond acceptors (Lipinski definition) is 6. The van der Waals surface area contributed by atoms with Crippen LogP contribution in [0.1, 0.15) is 33.2 Å². The Morgan fingerprint density at radius 1 is 1.20 bits per heavy atom. The summed E-state index contributed by atoms with van der Waals surface area (Å²) in [6.45, 7) is 6.73. The highest BCUT2D eigenvalue weighted by molar-refractivity contribution is 6.33. The van der Waals surface area contributed by atoms with Crippen LogP contribution >= 0.6 is 11.6 Å². The van der Waals surface area contributed by atoms with E-state index in [1.807, 2.05) is 24.5 Å². The quantitative estimate of drug-likeness (QED) is 0.651. The Morgan fingerprint density at radius 2 is 1.80 bits per heavy atom. The molecule has 9 nitrogen and oxygen atoms in total. The summed E-state index contributed by atoms with van der Waals surface area (Å²) in [5.74, 6) is 1.20. The standard InChI is InChI=1S/C16H18ClN3O2.2C2H4O2/c1-10-8-18-3-2-13(10)20-5-4-19-16(20)11-6-14-15(7-12(11)17)22-9-21-14;2*1-2(3)4/h4-7,10,13,18H,2-3,8-9H2,1H3;2*1H3,(H,3,4)/t10-,13-;;/m0../s1. The molecule has 1 saturated heterocycles. The Morgan fingerprint density at radius 3 is 2.40 bits per heavy atom. The molecule has 10 heteroatoms. The van der Waals surface area contributed by atoms with Gasteiger partial charge in [-0.05, 0) is 31.5 Å². The van der Waals surface area contributed by atoms with Crippen molar-refractivity contribution in [3.63, 3.8) is 0 Å². The maximum atomic E-state index is 9.00. The number of aliphatic carboxylic acids is 2. The number of carboxylic acids is 2. The zero-order chi connectivity index (χ0) is 22.3. The van der Waals surface area contributed by atoms with Gasteiger partial charge < -0.3 is 29.6 Å². The molecule has 0 saturated carbocycles. The van der Waals surface area contributed by atoms with Gasteiger partial charge in [-0.3, -0.25) is 9.59 Å². The maximum Gasteiger partial charge on any atom is 0.300 e. The van der Waals surface area contributed by atoms with Crippen LogP contribution in [-0.2, 0) is 9.59 Å². The van der Waals surface area contributed by atoms with Crippen LogP contribution in [0.4, 0.5) is 0 Å². The number of halogens is 1. The van der Waals surface area contributed by atoms with Crippen LogP contribution in [0.3, 0.4) is 0 Å². The van der Waals surface area contributed by atoms with Crippen molar-refractivity contribution in [3.8, 4) is 22.9 Å². The zero-order valence-electron chi connectivity index (χ0n) is 17.1. The number of ether oxygens (including phenoxy) is 2. The van der Waals surface area contributed by atoms with Crippen LogP contribution in [0.5, 0.6) is 11.5 Å². The van der Waals surface area contributed by atoms with Crippen LogP contribution in [0.25, 0.3) is 11.4 Å². The summed E-state index contributed by atoms with van der Waals surface area (Å²) in [5, 5.41) is 18.9. The van der Waals surface area contributed by atoms with E-state index >= 15 is 0 Å². The Kier molecular flexibility index (Phi) is 8.49. The molecule has 2 aromatic rings. The summed E-state index contributed by atoms with van der Waals surface area (Å²) in [7, 11) is 0. The number of nitrogens with zero attached hydrogens (tertiary/aromatic N) is 2. The molecular weight excluding hydrogens is 414 g/mol. The van der Waals surface area contributed by atoms with E-state index in [1.54, 1.807) is 0 Å². The molecule has 30 heavy (non-hydrogen) atoms. The Balaban J connectivity index is 0.000000347. The third-order valence-electron chi connectivity index (χ3n) is 4.47. The van der Waals surface area contributed by atoms with Crippen molar-refractivity contribution in [1.82, 2.24) is 14.9 Å². The van der Waals surface area contributed by atoms with Crippen LogP contribution in [-0.4, -0.2) is 51.6 Å². The molecule has 1 aromatic carbocycles. The van der Waals surface area contributed by atoms with E-state index in [0.29, 0.717) is 22.7 Å². The van der Waals surface area contributed by atoms with Gasteiger partial charge in [-0.1, -0.05) is 18.5 Å².